The minimum atomic E-state index is -0.733. The van der Waals surface area contributed by atoms with Gasteiger partial charge in [0, 0.05) is 4.88 Å². The van der Waals surface area contributed by atoms with E-state index in [-0.39, 0.29) is 0 Å². The molecule has 21 heavy (non-hydrogen) atoms. The molecule has 0 spiro atoms. The normalized spacial score (nSPS) is 18.2. The van der Waals surface area contributed by atoms with Gasteiger partial charge in [-0.25, -0.2) is 4.98 Å². The molecule has 0 bridgehead atoms. The summed E-state index contributed by atoms with van der Waals surface area (Å²) in [5, 5.41) is 11.1. The zero-order valence-corrected chi connectivity index (χ0v) is 14.0. The molecular formula is C17H26N2OS. The number of aliphatic hydroxyl groups is 1. The molecular weight excluding hydrogens is 280 g/mol. The Morgan fingerprint density at radius 3 is 2.81 bits per heavy atom. The first kappa shape index (κ1) is 15.0. The van der Waals surface area contributed by atoms with Crippen molar-refractivity contribution >= 4 is 16.2 Å². The van der Waals surface area contributed by atoms with Gasteiger partial charge in [0.05, 0.1) is 11.9 Å². The van der Waals surface area contributed by atoms with E-state index < -0.39 is 5.60 Å². The van der Waals surface area contributed by atoms with Crippen molar-refractivity contribution in [2.24, 2.45) is 0 Å². The summed E-state index contributed by atoms with van der Waals surface area (Å²) in [7, 11) is 0. The standard InChI is InChI=1S/C17H26N2OS/c1-3-4-5-6-7-10-17(2,20)16-15(13-8-9-13)21-14-11-18-12-19(14)16/h11-13,20H,3-10H2,1-2H3. The molecule has 0 amide bonds. The topological polar surface area (TPSA) is 37.5 Å². The summed E-state index contributed by atoms with van der Waals surface area (Å²) < 4.78 is 2.12. The molecule has 1 aliphatic rings. The molecule has 2 aromatic heterocycles. The molecule has 1 aliphatic carbocycles. The maximum Gasteiger partial charge on any atom is 0.120 e. The third-order valence-corrected chi connectivity index (χ3v) is 5.78. The van der Waals surface area contributed by atoms with Crippen LogP contribution in [-0.2, 0) is 5.60 Å². The third kappa shape index (κ3) is 3.16. The molecule has 0 aromatic carbocycles. The van der Waals surface area contributed by atoms with Crippen LogP contribution in [0.4, 0.5) is 0 Å². The molecule has 1 saturated carbocycles. The number of hydrogen-bond donors (Lipinski definition) is 1. The van der Waals surface area contributed by atoms with Crippen molar-refractivity contribution in [3.63, 3.8) is 0 Å². The highest BCUT2D eigenvalue weighted by molar-refractivity contribution is 7.17. The van der Waals surface area contributed by atoms with Crippen LogP contribution in [-0.4, -0.2) is 14.5 Å². The van der Waals surface area contributed by atoms with Crippen LogP contribution in [0.15, 0.2) is 12.5 Å². The number of aromatic nitrogens is 2. The smallest absolute Gasteiger partial charge is 0.120 e. The monoisotopic (exact) mass is 306 g/mol. The van der Waals surface area contributed by atoms with E-state index in [4.69, 9.17) is 0 Å². The van der Waals surface area contributed by atoms with Crippen LogP contribution >= 0.6 is 11.3 Å². The summed E-state index contributed by atoms with van der Waals surface area (Å²) >= 11 is 1.82. The number of imidazole rings is 1. The van der Waals surface area contributed by atoms with Gasteiger partial charge in [0.2, 0.25) is 0 Å². The number of nitrogens with zero attached hydrogens (tertiary/aromatic N) is 2. The average Bonchev–Trinajstić information content (AvgIpc) is 3.07. The second-order valence-corrected chi connectivity index (χ2v) is 7.69. The Hall–Kier alpha value is -0.870. The Kier molecular flexibility index (Phi) is 4.36. The Morgan fingerprint density at radius 1 is 1.33 bits per heavy atom. The molecule has 1 fully saturated rings. The van der Waals surface area contributed by atoms with E-state index in [1.807, 2.05) is 30.8 Å². The largest absolute Gasteiger partial charge is 0.384 e. The molecule has 2 aromatic rings. The highest BCUT2D eigenvalue weighted by Gasteiger charge is 2.36. The number of thiazole rings is 1. The van der Waals surface area contributed by atoms with E-state index in [2.05, 4.69) is 16.3 Å². The summed E-state index contributed by atoms with van der Waals surface area (Å²) in [6.45, 7) is 4.22. The van der Waals surface area contributed by atoms with Crippen LogP contribution in [0.1, 0.15) is 81.7 Å². The molecule has 116 valence electrons. The van der Waals surface area contributed by atoms with Crippen molar-refractivity contribution in [1.82, 2.24) is 9.38 Å². The van der Waals surface area contributed by atoms with Crippen molar-refractivity contribution < 1.29 is 5.11 Å². The van der Waals surface area contributed by atoms with E-state index in [1.54, 1.807) is 0 Å². The average molecular weight is 306 g/mol. The van der Waals surface area contributed by atoms with Gasteiger partial charge in [-0.2, -0.15) is 0 Å². The van der Waals surface area contributed by atoms with Crippen molar-refractivity contribution in [1.29, 1.82) is 0 Å². The third-order valence-electron chi connectivity index (χ3n) is 4.52. The zero-order valence-electron chi connectivity index (χ0n) is 13.1. The van der Waals surface area contributed by atoms with Crippen molar-refractivity contribution in [2.45, 2.75) is 76.7 Å². The molecule has 1 N–H and O–H groups in total. The summed E-state index contributed by atoms with van der Waals surface area (Å²) in [6.07, 6.45) is 13.3. The zero-order chi connectivity index (χ0) is 14.9. The lowest BCUT2D eigenvalue weighted by Gasteiger charge is -2.24. The highest BCUT2D eigenvalue weighted by atomic mass is 32.1. The number of hydrogen-bond acceptors (Lipinski definition) is 3. The summed E-state index contributed by atoms with van der Waals surface area (Å²) in [6, 6.07) is 0. The van der Waals surface area contributed by atoms with E-state index in [9.17, 15) is 5.11 Å². The second kappa shape index (κ2) is 6.09. The van der Waals surface area contributed by atoms with Gasteiger partial charge in [0.15, 0.2) is 0 Å². The second-order valence-electron chi connectivity index (χ2n) is 6.63. The molecule has 2 heterocycles. The van der Waals surface area contributed by atoms with Gasteiger partial charge in [0.1, 0.15) is 16.8 Å². The lowest BCUT2D eigenvalue weighted by Crippen LogP contribution is -2.24. The number of rotatable bonds is 8. The minimum absolute atomic E-state index is 0.677. The summed E-state index contributed by atoms with van der Waals surface area (Å²) in [4.78, 5) is 6.80. The minimum Gasteiger partial charge on any atom is -0.384 e. The van der Waals surface area contributed by atoms with Crippen molar-refractivity contribution in [2.75, 3.05) is 0 Å². The van der Waals surface area contributed by atoms with E-state index >= 15 is 0 Å². The molecule has 3 rings (SSSR count). The van der Waals surface area contributed by atoms with Crippen LogP contribution < -0.4 is 0 Å². The SMILES string of the molecule is CCCCCCCC(C)(O)c1c(C2CC2)sc2cncn12. The first-order chi connectivity index (χ1) is 10.1. The van der Waals surface area contributed by atoms with Gasteiger partial charge in [-0.05, 0) is 32.1 Å². The molecule has 1 atom stereocenters. The first-order valence-electron chi connectivity index (χ1n) is 8.31. The van der Waals surface area contributed by atoms with E-state index in [1.165, 1.54) is 43.4 Å². The lowest BCUT2D eigenvalue weighted by atomic mass is 9.92. The highest BCUT2D eigenvalue weighted by Crippen LogP contribution is 2.48. The fourth-order valence-corrected chi connectivity index (χ4v) is 4.54. The lowest BCUT2D eigenvalue weighted by molar-refractivity contribution is 0.0389. The summed E-state index contributed by atoms with van der Waals surface area (Å²) in [5.41, 5.74) is 0.376. The van der Waals surface area contributed by atoms with Crippen LogP contribution in [0.5, 0.6) is 0 Å². The van der Waals surface area contributed by atoms with Crippen molar-refractivity contribution in [3.05, 3.63) is 23.1 Å². The molecule has 4 heteroatoms. The Bertz CT molecular complexity index is 595. The molecule has 0 radical (unpaired) electrons. The number of unbranched alkanes of at least 4 members (excludes halogenated alkanes) is 4. The Labute approximate surface area is 131 Å². The van der Waals surface area contributed by atoms with Crippen LogP contribution in [0.3, 0.4) is 0 Å². The van der Waals surface area contributed by atoms with Gasteiger partial charge in [0.25, 0.3) is 0 Å². The first-order valence-corrected chi connectivity index (χ1v) is 9.12. The molecule has 1 unspecified atom stereocenters. The predicted molar refractivity (Wildman–Crippen MR) is 88.0 cm³/mol. The van der Waals surface area contributed by atoms with Gasteiger partial charge < -0.3 is 5.11 Å². The van der Waals surface area contributed by atoms with E-state index in [0.29, 0.717) is 5.92 Å². The van der Waals surface area contributed by atoms with E-state index in [0.717, 1.165) is 23.4 Å². The van der Waals surface area contributed by atoms with Gasteiger partial charge in [-0.3, -0.25) is 4.40 Å². The Morgan fingerprint density at radius 2 is 2.10 bits per heavy atom. The predicted octanol–water partition coefficient (Wildman–Crippen LogP) is 4.84. The maximum absolute atomic E-state index is 11.1. The van der Waals surface area contributed by atoms with Gasteiger partial charge >= 0.3 is 0 Å². The van der Waals surface area contributed by atoms with Crippen molar-refractivity contribution in [3.8, 4) is 0 Å². The fraction of sp³-hybridized carbons (Fsp3) is 0.706. The van der Waals surface area contributed by atoms with Crippen LogP contribution in [0.25, 0.3) is 4.83 Å². The van der Waals surface area contributed by atoms with Crippen LogP contribution in [0, 0.1) is 0 Å². The Balaban J connectivity index is 1.77. The number of fused-ring (bicyclic) bond motifs is 1. The maximum atomic E-state index is 11.1. The summed E-state index contributed by atoms with van der Waals surface area (Å²) in [5.74, 6) is 0.677. The van der Waals surface area contributed by atoms with Gasteiger partial charge in [-0.15, -0.1) is 11.3 Å². The van der Waals surface area contributed by atoms with Crippen LogP contribution in [0.2, 0.25) is 0 Å². The quantitative estimate of drug-likeness (QED) is 0.708. The molecule has 0 aliphatic heterocycles. The molecule has 0 saturated heterocycles. The fourth-order valence-electron chi connectivity index (χ4n) is 3.14. The molecule has 3 nitrogen and oxygen atoms in total. The van der Waals surface area contributed by atoms with Gasteiger partial charge in [-0.1, -0.05) is 39.0 Å².